The molecule has 4 aromatic rings. The minimum Gasteiger partial charge on any atom is -0.384 e. The smallest absolute Gasteiger partial charge is 0.335 e. The predicted molar refractivity (Wildman–Crippen MR) is 138 cm³/mol. The third kappa shape index (κ3) is 3.61. The van der Waals surface area contributed by atoms with Crippen molar-refractivity contribution >= 4 is 40.0 Å². The zero-order chi connectivity index (χ0) is 25.6. The zero-order valence-corrected chi connectivity index (χ0v) is 19.8. The molecule has 1 aliphatic heterocycles. The fourth-order valence-electron chi connectivity index (χ4n) is 4.16. The third-order valence-corrected chi connectivity index (χ3v) is 6.32. The van der Waals surface area contributed by atoms with Crippen molar-refractivity contribution in [1.82, 2.24) is 19.9 Å². The number of amides is 2. The summed E-state index contributed by atoms with van der Waals surface area (Å²) in [6.07, 6.45) is 3.26. The zero-order valence-electron chi connectivity index (χ0n) is 19.8. The van der Waals surface area contributed by atoms with E-state index in [0.29, 0.717) is 45.2 Å². The highest BCUT2D eigenvalue weighted by atomic mass is 16.3. The molecule has 0 aliphatic carbocycles. The van der Waals surface area contributed by atoms with Gasteiger partial charge in [0.15, 0.2) is 0 Å². The van der Waals surface area contributed by atoms with E-state index in [-0.39, 0.29) is 0 Å². The van der Waals surface area contributed by atoms with Crippen LogP contribution in [0.4, 0.5) is 22.0 Å². The number of hydrogen-bond donors (Lipinski definition) is 2. The van der Waals surface area contributed by atoms with Gasteiger partial charge in [0.2, 0.25) is 0 Å². The molecule has 2 amide bonds. The SMILES string of the molecule is C=C1c2cnc3ccc(-c4ccc(N)nc4)nc3c2N(c2ccc(C(C)(C)C#N)cc2)C(=O)N1CO. The fourth-order valence-corrected chi connectivity index (χ4v) is 4.16. The Morgan fingerprint density at radius 2 is 1.83 bits per heavy atom. The number of aliphatic hydroxyl groups is 1. The summed E-state index contributed by atoms with van der Waals surface area (Å²) in [5.41, 5.74) is 10.3. The van der Waals surface area contributed by atoms with Crippen LogP contribution in [0.2, 0.25) is 0 Å². The summed E-state index contributed by atoms with van der Waals surface area (Å²) in [5, 5.41) is 19.5. The number of carbonyl (C=O) groups is 1. The minimum absolute atomic E-state index is 0.326. The number of carbonyl (C=O) groups excluding carboxylic acids is 1. The normalized spacial score (nSPS) is 13.6. The van der Waals surface area contributed by atoms with Crippen molar-refractivity contribution in [3.05, 3.63) is 78.6 Å². The van der Waals surface area contributed by atoms with Crippen molar-refractivity contribution in [2.24, 2.45) is 0 Å². The first-order valence-corrected chi connectivity index (χ1v) is 11.2. The standard InChI is InChI=1S/C27H23N7O2/c1-16-20-13-30-22-10-9-21(17-4-11-23(29)31-12-17)32-24(22)25(20)34(26(36)33(16)15-35)19-7-5-18(6-8-19)27(2,3)14-28/h4-13,35H,1,15H2,2-3H3,(H2,29,31). The molecule has 0 fully saturated rings. The van der Waals surface area contributed by atoms with Crippen molar-refractivity contribution in [2.75, 3.05) is 17.4 Å². The lowest BCUT2D eigenvalue weighted by Crippen LogP contribution is -2.44. The number of fused-ring (bicyclic) bond motifs is 3. The first-order valence-electron chi connectivity index (χ1n) is 11.2. The summed E-state index contributed by atoms with van der Waals surface area (Å²) < 4.78 is 0. The molecule has 0 radical (unpaired) electrons. The Labute approximate surface area is 207 Å². The van der Waals surface area contributed by atoms with Gasteiger partial charge in [0.1, 0.15) is 18.1 Å². The Morgan fingerprint density at radius 3 is 2.47 bits per heavy atom. The van der Waals surface area contributed by atoms with E-state index in [1.54, 1.807) is 30.6 Å². The number of nitrogen functional groups attached to an aromatic ring is 1. The highest BCUT2D eigenvalue weighted by Crippen LogP contribution is 2.43. The molecular formula is C27H23N7O2. The average molecular weight is 478 g/mol. The molecule has 0 spiro atoms. The average Bonchev–Trinajstić information content (AvgIpc) is 2.89. The van der Waals surface area contributed by atoms with E-state index in [4.69, 9.17) is 10.7 Å². The number of rotatable bonds is 4. The van der Waals surface area contributed by atoms with Crippen LogP contribution in [-0.4, -0.2) is 37.7 Å². The molecule has 3 aromatic heterocycles. The first-order chi connectivity index (χ1) is 17.2. The second-order valence-corrected chi connectivity index (χ2v) is 8.97. The Balaban J connectivity index is 1.74. The van der Waals surface area contributed by atoms with Gasteiger partial charge in [-0.15, -0.1) is 0 Å². The second kappa shape index (κ2) is 8.45. The van der Waals surface area contributed by atoms with E-state index in [9.17, 15) is 15.2 Å². The van der Waals surface area contributed by atoms with Crippen LogP contribution in [0.25, 0.3) is 28.0 Å². The van der Waals surface area contributed by atoms with Gasteiger partial charge in [-0.1, -0.05) is 18.7 Å². The maximum Gasteiger partial charge on any atom is 0.335 e. The van der Waals surface area contributed by atoms with E-state index in [2.05, 4.69) is 22.6 Å². The minimum atomic E-state index is -0.687. The highest BCUT2D eigenvalue weighted by molar-refractivity contribution is 6.14. The van der Waals surface area contributed by atoms with Gasteiger partial charge in [-0.3, -0.25) is 14.8 Å². The molecule has 5 rings (SSSR count). The van der Waals surface area contributed by atoms with Crippen LogP contribution < -0.4 is 10.6 Å². The molecule has 9 nitrogen and oxygen atoms in total. The molecule has 0 unspecified atom stereocenters. The fraction of sp³-hybridized carbons (Fsp3) is 0.148. The summed E-state index contributed by atoms with van der Waals surface area (Å²) in [6.45, 7) is 7.15. The lowest BCUT2D eigenvalue weighted by atomic mass is 9.86. The molecule has 0 atom stereocenters. The molecule has 0 bridgehead atoms. The summed E-state index contributed by atoms with van der Waals surface area (Å²) in [5.74, 6) is 0.402. The van der Waals surface area contributed by atoms with Crippen LogP contribution in [0, 0.1) is 11.3 Å². The molecule has 4 heterocycles. The van der Waals surface area contributed by atoms with E-state index in [0.717, 1.165) is 11.1 Å². The molecule has 1 aromatic carbocycles. The summed E-state index contributed by atoms with van der Waals surface area (Å²) in [7, 11) is 0. The quantitative estimate of drug-likeness (QED) is 0.440. The van der Waals surface area contributed by atoms with Gasteiger partial charge in [-0.2, -0.15) is 5.26 Å². The summed E-state index contributed by atoms with van der Waals surface area (Å²) >= 11 is 0. The number of pyridine rings is 3. The number of aliphatic hydroxyl groups excluding tert-OH is 1. The van der Waals surface area contributed by atoms with Crippen LogP contribution in [0.1, 0.15) is 25.0 Å². The van der Waals surface area contributed by atoms with E-state index in [1.807, 2.05) is 44.2 Å². The Bertz CT molecular complexity index is 1550. The van der Waals surface area contributed by atoms with Gasteiger partial charge in [0.05, 0.1) is 39.8 Å². The van der Waals surface area contributed by atoms with Crippen LogP contribution in [0.3, 0.4) is 0 Å². The van der Waals surface area contributed by atoms with Gasteiger partial charge < -0.3 is 10.8 Å². The third-order valence-electron chi connectivity index (χ3n) is 6.32. The lowest BCUT2D eigenvalue weighted by molar-refractivity contribution is 0.164. The Hall–Kier alpha value is -4.81. The van der Waals surface area contributed by atoms with E-state index >= 15 is 0 Å². The van der Waals surface area contributed by atoms with Crippen molar-refractivity contribution in [1.29, 1.82) is 5.26 Å². The topological polar surface area (TPSA) is 132 Å². The number of benzene rings is 1. The van der Waals surface area contributed by atoms with Crippen molar-refractivity contribution < 1.29 is 9.90 Å². The van der Waals surface area contributed by atoms with Crippen LogP contribution in [-0.2, 0) is 5.41 Å². The van der Waals surface area contributed by atoms with Gasteiger partial charge in [0, 0.05) is 23.5 Å². The maximum absolute atomic E-state index is 13.6. The largest absolute Gasteiger partial charge is 0.384 e. The number of nitrogens with two attached hydrogens (primary N) is 1. The molecule has 36 heavy (non-hydrogen) atoms. The molecule has 9 heteroatoms. The van der Waals surface area contributed by atoms with Crippen LogP contribution in [0.5, 0.6) is 0 Å². The van der Waals surface area contributed by atoms with Gasteiger partial charge in [-0.25, -0.2) is 14.8 Å². The van der Waals surface area contributed by atoms with Crippen LogP contribution in [0.15, 0.2) is 67.5 Å². The number of nitriles is 1. The molecule has 0 saturated heterocycles. The van der Waals surface area contributed by atoms with E-state index in [1.165, 1.54) is 9.80 Å². The van der Waals surface area contributed by atoms with Crippen molar-refractivity contribution in [2.45, 2.75) is 19.3 Å². The number of nitrogens with zero attached hydrogens (tertiary/aromatic N) is 6. The first kappa shape index (κ1) is 23.0. The second-order valence-electron chi connectivity index (χ2n) is 8.97. The van der Waals surface area contributed by atoms with E-state index < -0.39 is 18.2 Å². The van der Waals surface area contributed by atoms with Crippen LogP contribution >= 0.6 is 0 Å². The maximum atomic E-state index is 13.6. The molecular weight excluding hydrogens is 454 g/mol. The number of aromatic nitrogens is 3. The summed E-state index contributed by atoms with van der Waals surface area (Å²) in [6, 6.07) is 16.2. The monoisotopic (exact) mass is 477 g/mol. The molecule has 3 N–H and O–H groups in total. The molecule has 178 valence electrons. The number of anilines is 3. The Kier molecular flexibility index (Phi) is 5.39. The number of hydrogen-bond acceptors (Lipinski definition) is 7. The lowest BCUT2D eigenvalue weighted by Gasteiger charge is -2.37. The Morgan fingerprint density at radius 1 is 1.08 bits per heavy atom. The highest BCUT2D eigenvalue weighted by Gasteiger charge is 2.36. The predicted octanol–water partition coefficient (Wildman–Crippen LogP) is 4.57. The van der Waals surface area contributed by atoms with Gasteiger partial charge >= 0.3 is 6.03 Å². The van der Waals surface area contributed by atoms with Gasteiger partial charge in [-0.05, 0) is 55.8 Å². The molecule has 0 saturated carbocycles. The van der Waals surface area contributed by atoms with Crippen molar-refractivity contribution in [3.8, 4) is 17.3 Å². The van der Waals surface area contributed by atoms with Crippen molar-refractivity contribution in [3.63, 3.8) is 0 Å². The number of urea groups is 1. The molecule has 1 aliphatic rings. The van der Waals surface area contributed by atoms with Gasteiger partial charge in [0.25, 0.3) is 0 Å². The summed E-state index contributed by atoms with van der Waals surface area (Å²) in [4.78, 5) is 29.8.